The van der Waals surface area contributed by atoms with Gasteiger partial charge in [0, 0.05) is 12.8 Å². The van der Waals surface area contributed by atoms with E-state index in [2.05, 4.69) is 4.85 Å². The van der Waals surface area contributed by atoms with Crippen LogP contribution in [0.1, 0.15) is 25.7 Å². The van der Waals surface area contributed by atoms with Crippen LogP contribution >= 0.6 is 0 Å². The summed E-state index contributed by atoms with van der Waals surface area (Å²) < 4.78 is 11.1. The van der Waals surface area contributed by atoms with Crippen molar-refractivity contribution in [3.63, 3.8) is 0 Å². The van der Waals surface area contributed by atoms with Crippen LogP contribution in [0.25, 0.3) is 4.85 Å². The summed E-state index contributed by atoms with van der Waals surface area (Å²) in [5, 5.41) is 8.75. The molecule has 1 aliphatic heterocycles. The molecule has 1 saturated heterocycles. The second-order valence-electron chi connectivity index (χ2n) is 3.78. The Morgan fingerprint density at radius 1 is 1.33 bits per heavy atom. The van der Waals surface area contributed by atoms with Gasteiger partial charge in [-0.2, -0.15) is 0 Å². The minimum Gasteiger partial charge on any atom is -0.348 e. The molecule has 1 spiro atoms. The molecule has 15 heavy (non-hydrogen) atoms. The van der Waals surface area contributed by atoms with Gasteiger partial charge in [-0.3, -0.25) is 0 Å². The lowest BCUT2D eigenvalue weighted by molar-refractivity contribution is -0.171. The lowest BCUT2D eigenvalue weighted by Gasteiger charge is -2.32. The largest absolute Gasteiger partial charge is 0.348 e. The van der Waals surface area contributed by atoms with Gasteiger partial charge in [-0.15, -0.1) is 0 Å². The van der Waals surface area contributed by atoms with Gasteiger partial charge >= 0.3 is 0 Å². The molecule has 1 aliphatic carbocycles. The summed E-state index contributed by atoms with van der Waals surface area (Å²) in [5.74, 6) is -0.411. The summed E-state index contributed by atoms with van der Waals surface area (Å²) in [4.78, 5) is 3.23. The molecule has 0 unspecified atom stereocenters. The summed E-state index contributed by atoms with van der Waals surface area (Å²) in [6, 6.07) is 1.94. The minimum absolute atomic E-state index is 0.253. The minimum atomic E-state index is -0.411. The van der Waals surface area contributed by atoms with Crippen LogP contribution in [-0.2, 0) is 9.47 Å². The Labute approximate surface area is 88.9 Å². The molecule has 2 aliphatic rings. The quantitative estimate of drug-likeness (QED) is 0.448. The van der Waals surface area contributed by atoms with Crippen LogP contribution in [0.5, 0.6) is 0 Å². The molecule has 0 amide bonds. The number of hydrogen-bond donors (Lipinski definition) is 0. The van der Waals surface area contributed by atoms with Crippen molar-refractivity contribution in [2.24, 2.45) is 0 Å². The van der Waals surface area contributed by atoms with Crippen LogP contribution in [0.2, 0.25) is 0 Å². The number of nitrogens with zero attached hydrogens (tertiary/aromatic N) is 2. The Hall–Kier alpha value is -1.36. The van der Waals surface area contributed by atoms with Gasteiger partial charge in [-0.25, -0.2) is 10.1 Å². The van der Waals surface area contributed by atoms with Crippen molar-refractivity contribution in [2.45, 2.75) is 31.5 Å². The fourth-order valence-electron chi connectivity index (χ4n) is 2.14. The molecular weight excluding hydrogens is 192 g/mol. The average Bonchev–Trinajstić information content (AvgIpc) is 2.72. The SMILES string of the molecule is [C-]#[N+]C(C#N)=C1CCC2(CC1)OCCO2. The summed E-state index contributed by atoms with van der Waals surface area (Å²) >= 11 is 0. The van der Waals surface area contributed by atoms with Gasteiger partial charge in [0.25, 0.3) is 5.70 Å². The number of nitriles is 1. The average molecular weight is 204 g/mol. The van der Waals surface area contributed by atoms with Crippen LogP contribution in [0.15, 0.2) is 11.3 Å². The third kappa shape index (κ3) is 1.87. The first kappa shape index (κ1) is 10.2. The number of hydrogen-bond acceptors (Lipinski definition) is 3. The van der Waals surface area contributed by atoms with Crippen LogP contribution < -0.4 is 0 Å². The lowest BCUT2D eigenvalue weighted by Crippen LogP contribution is -2.33. The van der Waals surface area contributed by atoms with Gasteiger partial charge in [0.2, 0.25) is 0 Å². The molecule has 0 bridgehead atoms. The van der Waals surface area contributed by atoms with Gasteiger partial charge in [0.15, 0.2) is 5.79 Å². The van der Waals surface area contributed by atoms with Crippen LogP contribution in [-0.4, -0.2) is 19.0 Å². The Morgan fingerprint density at radius 3 is 2.40 bits per heavy atom. The van der Waals surface area contributed by atoms with Crippen molar-refractivity contribution < 1.29 is 9.47 Å². The van der Waals surface area contributed by atoms with Crippen LogP contribution in [0.3, 0.4) is 0 Å². The molecule has 1 heterocycles. The van der Waals surface area contributed by atoms with Crippen LogP contribution in [0, 0.1) is 17.9 Å². The Bertz CT molecular complexity index is 339. The monoisotopic (exact) mass is 204 g/mol. The van der Waals surface area contributed by atoms with E-state index < -0.39 is 5.79 Å². The zero-order chi connectivity index (χ0) is 10.7. The maximum absolute atomic E-state index is 8.75. The molecular formula is C11H12N2O2. The van der Waals surface area contributed by atoms with E-state index >= 15 is 0 Å². The molecule has 0 aromatic rings. The van der Waals surface area contributed by atoms with E-state index in [1.165, 1.54) is 0 Å². The predicted molar refractivity (Wildman–Crippen MR) is 52.3 cm³/mol. The molecule has 2 rings (SSSR count). The zero-order valence-corrected chi connectivity index (χ0v) is 8.45. The van der Waals surface area contributed by atoms with Crippen molar-refractivity contribution in [2.75, 3.05) is 13.2 Å². The highest BCUT2D eigenvalue weighted by Crippen LogP contribution is 2.38. The highest BCUT2D eigenvalue weighted by molar-refractivity contribution is 5.34. The number of allylic oxidation sites excluding steroid dienone is 2. The van der Waals surface area contributed by atoms with Gasteiger partial charge in [0.1, 0.15) is 0 Å². The topological polar surface area (TPSA) is 46.6 Å². The number of ether oxygens (including phenoxy) is 2. The first-order valence-electron chi connectivity index (χ1n) is 5.07. The van der Waals surface area contributed by atoms with Crippen molar-refractivity contribution in [3.05, 3.63) is 22.7 Å². The van der Waals surface area contributed by atoms with E-state index in [1.54, 1.807) is 0 Å². The van der Waals surface area contributed by atoms with E-state index in [9.17, 15) is 0 Å². The van der Waals surface area contributed by atoms with E-state index in [-0.39, 0.29) is 5.70 Å². The fraction of sp³-hybridized carbons (Fsp3) is 0.636. The highest BCUT2D eigenvalue weighted by atomic mass is 16.7. The molecule has 1 saturated carbocycles. The molecule has 78 valence electrons. The summed E-state index contributed by atoms with van der Waals surface area (Å²) in [5.41, 5.74) is 1.21. The predicted octanol–water partition coefficient (Wildman–Crippen LogP) is 2.00. The highest BCUT2D eigenvalue weighted by Gasteiger charge is 2.39. The Balaban J connectivity index is 2.07. The second-order valence-corrected chi connectivity index (χ2v) is 3.78. The zero-order valence-electron chi connectivity index (χ0n) is 8.45. The molecule has 0 radical (unpaired) electrons. The van der Waals surface area contributed by atoms with E-state index in [0.717, 1.165) is 31.3 Å². The Morgan fingerprint density at radius 2 is 1.93 bits per heavy atom. The third-order valence-electron chi connectivity index (χ3n) is 2.98. The lowest BCUT2D eigenvalue weighted by atomic mass is 9.89. The summed E-state index contributed by atoms with van der Waals surface area (Å²) in [7, 11) is 0. The molecule has 0 aromatic heterocycles. The Kier molecular flexibility index (Phi) is 2.73. The van der Waals surface area contributed by atoms with Crippen LogP contribution in [0.4, 0.5) is 0 Å². The first-order valence-corrected chi connectivity index (χ1v) is 5.07. The molecule has 0 aromatic carbocycles. The van der Waals surface area contributed by atoms with E-state index in [4.69, 9.17) is 21.3 Å². The molecule has 0 atom stereocenters. The molecule has 2 fully saturated rings. The number of rotatable bonds is 0. The van der Waals surface area contributed by atoms with Crippen molar-refractivity contribution in [1.82, 2.24) is 0 Å². The molecule has 4 heteroatoms. The summed E-state index contributed by atoms with van der Waals surface area (Å²) in [6.45, 7) is 8.20. The van der Waals surface area contributed by atoms with Gasteiger partial charge in [-0.05, 0) is 12.8 Å². The van der Waals surface area contributed by atoms with Crippen molar-refractivity contribution >= 4 is 0 Å². The normalized spacial score (nSPS) is 23.5. The van der Waals surface area contributed by atoms with Gasteiger partial charge in [-0.1, -0.05) is 5.57 Å². The molecule has 4 nitrogen and oxygen atoms in total. The van der Waals surface area contributed by atoms with E-state index in [0.29, 0.717) is 13.2 Å². The standard InChI is InChI=1S/C11H12N2O2/c1-13-10(8-12)9-2-4-11(5-3-9)14-6-7-15-11/h2-7H2. The van der Waals surface area contributed by atoms with Gasteiger partial charge < -0.3 is 9.47 Å². The van der Waals surface area contributed by atoms with Crippen molar-refractivity contribution in [1.29, 1.82) is 5.26 Å². The fourth-order valence-corrected chi connectivity index (χ4v) is 2.14. The van der Waals surface area contributed by atoms with E-state index in [1.807, 2.05) is 6.07 Å². The maximum Gasteiger partial charge on any atom is 0.261 e. The smallest absolute Gasteiger partial charge is 0.261 e. The van der Waals surface area contributed by atoms with Gasteiger partial charge in [0.05, 0.1) is 25.9 Å². The summed E-state index contributed by atoms with van der Waals surface area (Å²) in [6.07, 6.45) is 3.02. The van der Waals surface area contributed by atoms with Crippen molar-refractivity contribution in [3.8, 4) is 6.07 Å². The second kappa shape index (κ2) is 4.02. The first-order chi connectivity index (χ1) is 7.29. The third-order valence-corrected chi connectivity index (χ3v) is 2.98. The molecule has 0 N–H and O–H groups in total. The maximum atomic E-state index is 8.75.